The van der Waals surface area contributed by atoms with Crippen LogP contribution in [0.5, 0.6) is 0 Å². The Kier molecular flexibility index (Phi) is 5.22. The van der Waals surface area contributed by atoms with Crippen molar-refractivity contribution in [3.05, 3.63) is 118 Å². The number of non-ortho nitro benzene ring substituents is 1. The van der Waals surface area contributed by atoms with Gasteiger partial charge in [0.25, 0.3) is 5.69 Å². The first-order valence-corrected chi connectivity index (χ1v) is 13.1. The van der Waals surface area contributed by atoms with Gasteiger partial charge in [-0.1, -0.05) is 78.9 Å². The highest BCUT2D eigenvalue weighted by molar-refractivity contribution is 6.26. The van der Waals surface area contributed by atoms with Crippen molar-refractivity contribution >= 4 is 51.5 Å². The summed E-state index contributed by atoms with van der Waals surface area (Å²) >= 11 is 0. The summed E-state index contributed by atoms with van der Waals surface area (Å²) in [5, 5.41) is 13.6. The van der Waals surface area contributed by atoms with Gasteiger partial charge in [-0.2, -0.15) is 0 Å². The Hall–Kier alpha value is -5.11. The molecule has 0 bridgehead atoms. The summed E-state index contributed by atoms with van der Waals surface area (Å²) in [7, 11) is 0. The minimum absolute atomic E-state index is 0.183. The van der Waals surface area contributed by atoms with E-state index in [2.05, 4.69) is 0 Å². The molecule has 8 heteroatoms. The molecule has 8 nitrogen and oxygen atoms in total. The van der Waals surface area contributed by atoms with Gasteiger partial charge in [-0.25, -0.2) is 4.90 Å². The van der Waals surface area contributed by atoms with Crippen LogP contribution in [-0.2, 0) is 9.59 Å². The van der Waals surface area contributed by atoms with Gasteiger partial charge in [-0.05, 0) is 29.3 Å². The molecule has 0 N–H and O–H groups in total. The van der Waals surface area contributed by atoms with E-state index in [1.807, 2.05) is 59.5 Å². The van der Waals surface area contributed by atoms with Crippen molar-refractivity contribution in [3.63, 3.8) is 0 Å². The summed E-state index contributed by atoms with van der Waals surface area (Å²) in [6.07, 6.45) is 3.89. The fourth-order valence-electron chi connectivity index (χ4n) is 6.59. The van der Waals surface area contributed by atoms with Crippen LogP contribution in [0.2, 0.25) is 0 Å². The summed E-state index contributed by atoms with van der Waals surface area (Å²) in [5.41, 5.74) is 2.72. The molecule has 0 unspecified atom stereocenters. The number of ketones is 1. The normalized spacial score (nSPS) is 22.8. The second kappa shape index (κ2) is 8.71. The van der Waals surface area contributed by atoms with Crippen LogP contribution in [0.4, 0.5) is 17.1 Å². The van der Waals surface area contributed by atoms with E-state index in [-0.39, 0.29) is 17.2 Å². The molecule has 0 radical (unpaired) electrons. The average Bonchev–Trinajstić information content (AvgIpc) is 3.45. The summed E-state index contributed by atoms with van der Waals surface area (Å²) in [4.78, 5) is 56.4. The van der Waals surface area contributed by atoms with Crippen LogP contribution in [-0.4, -0.2) is 34.6 Å². The predicted molar refractivity (Wildman–Crippen MR) is 151 cm³/mol. The number of hydrogen-bond donors (Lipinski definition) is 0. The van der Waals surface area contributed by atoms with Crippen molar-refractivity contribution in [3.8, 4) is 0 Å². The lowest BCUT2D eigenvalue weighted by molar-refractivity contribution is -0.384. The van der Waals surface area contributed by atoms with Crippen molar-refractivity contribution in [2.75, 3.05) is 9.80 Å². The number of carbonyl (C=O) groups excluding carboxylic acids is 3. The van der Waals surface area contributed by atoms with E-state index in [4.69, 9.17) is 0 Å². The molecule has 40 heavy (non-hydrogen) atoms. The highest BCUT2D eigenvalue weighted by Gasteiger charge is 2.64. The molecule has 0 aliphatic carbocycles. The van der Waals surface area contributed by atoms with E-state index >= 15 is 0 Å². The number of nitro benzene ring substituents is 1. The molecular formula is C32H23N3O5. The monoisotopic (exact) mass is 529 g/mol. The third kappa shape index (κ3) is 3.29. The molecule has 4 aromatic carbocycles. The maximum atomic E-state index is 14.2. The minimum Gasteiger partial charge on any atom is -0.352 e. The van der Waals surface area contributed by atoms with Gasteiger partial charge in [0.2, 0.25) is 11.8 Å². The number of imide groups is 1. The summed E-state index contributed by atoms with van der Waals surface area (Å²) < 4.78 is 0. The molecule has 3 aliphatic heterocycles. The van der Waals surface area contributed by atoms with Crippen molar-refractivity contribution in [2.24, 2.45) is 11.8 Å². The Labute approximate surface area is 229 Å². The molecule has 2 saturated heterocycles. The number of nitro groups is 1. The maximum Gasteiger partial charge on any atom is 0.271 e. The number of fused-ring (bicyclic) bond motifs is 7. The van der Waals surface area contributed by atoms with Crippen molar-refractivity contribution in [2.45, 2.75) is 19.0 Å². The number of hydrogen-bond acceptors (Lipinski definition) is 6. The van der Waals surface area contributed by atoms with Crippen molar-refractivity contribution in [1.82, 2.24) is 0 Å². The average molecular weight is 530 g/mol. The number of amides is 2. The van der Waals surface area contributed by atoms with Crippen LogP contribution < -0.4 is 9.80 Å². The zero-order valence-corrected chi connectivity index (χ0v) is 21.4. The number of anilines is 2. The zero-order chi connectivity index (χ0) is 27.7. The number of rotatable bonds is 4. The quantitative estimate of drug-likeness (QED) is 0.153. The van der Waals surface area contributed by atoms with Gasteiger partial charge < -0.3 is 4.90 Å². The number of Topliss-reactive ketones (excluding diaryl/α,β-unsaturated/α-hetero) is 1. The summed E-state index contributed by atoms with van der Waals surface area (Å²) in [6, 6.07) is 23.4. The lowest BCUT2D eigenvalue weighted by Gasteiger charge is -2.37. The fourth-order valence-corrected chi connectivity index (χ4v) is 6.59. The van der Waals surface area contributed by atoms with E-state index in [1.54, 1.807) is 31.2 Å². The second-order valence-corrected chi connectivity index (χ2v) is 10.4. The lowest BCUT2D eigenvalue weighted by atomic mass is 9.86. The number of benzene rings is 4. The Bertz CT molecular complexity index is 1800. The highest BCUT2D eigenvalue weighted by atomic mass is 16.6. The van der Waals surface area contributed by atoms with E-state index in [1.165, 1.54) is 18.2 Å². The van der Waals surface area contributed by atoms with Crippen LogP contribution in [0.3, 0.4) is 0 Å². The van der Waals surface area contributed by atoms with Gasteiger partial charge in [0.15, 0.2) is 5.78 Å². The van der Waals surface area contributed by atoms with E-state index < -0.39 is 40.7 Å². The third-order valence-corrected chi connectivity index (χ3v) is 8.38. The summed E-state index contributed by atoms with van der Waals surface area (Å²) in [5.74, 6) is -2.99. The van der Waals surface area contributed by atoms with Gasteiger partial charge in [0.1, 0.15) is 6.04 Å². The van der Waals surface area contributed by atoms with Crippen LogP contribution >= 0.6 is 0 Å². The molecule has 2 amide bonds. The van der Waals surface area contributed by atoms with Gasteiger partial charge >= 0.3 is 0 Å². The maximum absolute atomic E-state index is 14.2. The predicted octanol–water partition coefficient (Wildman–Crippen LogP) is 5.33. The Balaban J connectivity index is 1.40. The molecule has 0 spiro atoms. The molecule has 0 aromatic heterocycles. The number of carbonyl (C=O) groups is 3. The molecule has 7 rings (SSSR count). The van der Waals surface area contributed by atoms with Crippen LogP contribution in [0, 0.1) is 28.9 Å². The van der Waals surface area contributed by atoms with Gasteiger partial charge in [0.05, 0.1) is 28.5 Å². The topological polar surface area (TPSA) is 101 Å². The second-order valence-electron chi connectivity index (χ2n) is 10.4. The van der Waals surface area contributed by atoms with E-state index in [0.29, 0.717) is 11.1 Å². The molecule has 2 fully saturated rings. The number of nitrogens with zero attached hydrogens (tertiary/aromatic N) is 3. The van der Waals surface area contributed by atoms with Gasteiger partial charge in [-0.3, -0.25) is 24.5 Å². The lowest BCUT2D eigenvalue weighted by Crippen LogP contribution is -2.49. The Morgan fingerprint density at radius 3 is 2.35 bits per heavy atom. The van der Waals surface area contributed by atoms with Crippen molar-refractivity contribution < 1.29 is 19.3 Å². The van der Waals surface area contributed by atoms with Crippen LogP contribution in [0.1, 0.15) is 21.5 Å². The highest BCUT2D eigenvalue weighted by Crippen LogP contribution is 2.51. The minimum atomic E-state index is -0.953. The van der Waals surface area contributed by atoms with E-state index in [9.17, 15) is 24.5 Å². The molecule has 4 atom stereocenters. The molecule has 196 valence electrons. The third-order valence-electron chi connectivity index (χ3n) is 8.38. The van der Waals surface area contributed by atoms with Crippen LogP contribution in [0.15, 0.2) is 91.0 Å². The standard InChI is InChI=1S/C32H23N3O5/c1-18-11-13-21(35(39)40)17-26(18)34-31(37)27-25-16-14-23-22-10-6-5-7-19(22)12-15-24(23)33(25)29(28(27)32(34)38)30(36)20-8-3-2-4-9-20/h2-17,25,27-29H,1H3/t25-,27-,28-,29+/m0/s1. The molecule has 4 aromatic rings. The zero-order valence-electron chi connectivity index (χ0n) is 21.4. The first-order valence-electron chi connectivity index (χ1n) is 13.1. The molecular weight excluding hydrogens is 506 g/mol. The van der Waals surface area contributed by atoms with Gasteiger partial charge in [-0.15, -0.1) is 0 Å². The Morgan fingerprint density at radius 1 is 0.850 bits per heavy atom. The largest absolute Gasteiger partial charge is 0.352 e. The molecule has 3 heterocycles. The number of aryl methyl sites for hydroxylation is 1. The van der Waals surface area contributed by atoms with Crippen LogP contribution in [0.25, 0.3) is 16.8 Å². The summed E-state index contributed by atoms with van der Waals surface area (Å²) in [6.45, 7) is 1.70. The van der Waals surface area contributed by atoms with Gasteiger partial charge in [0, 0.05) is 28.9 Å². The smallest absolute Gasteiger partial charge is 0.271 e. The molecule has 3 aliphatic rings. The van der Waals surface area contributed by atoms with Crippen molar-refractivity contribution in [1.29, 1.82) is 0 Å². The first kappa shape index (κ1) is 24.0. The molecule has 0 saturated carbocycles. The Morgan fingerprint density at radius 2 is 1.57 bits per heavy atom. The fraction of sp³-hybridized carbons (Fsp3) is 0.156. The first-order chi connectivity index (χ1) is 19.4. The SMILES string of the molecule is Cc1ccc([N+](=O)[O-])cc1N1C(=O)[C@@H]2[C@H](C1=O)[C@H](C(=O)c1ccccc1)N1c3ccc4ccccc4c3C=C[C@@H]21. The van der Waals surface area contributed by atoms with E-state index in [0.717, 1.165) is 26.9 Å².